The fourth-order valence-electron chi connectivity index (χ4n) is 1.78. The molecule has 198 valence electrons. The molecule has 0 bridgehead atoms. The van der Waals surface area contributed by atoms with Crippen LogP contribution in [0.25, 0.3) is 0 Å². The summed E-state index contributed by atoms with van der Waals surface area (Å²) >= 11 is 0. The Kier molecular flexibility index (Phi) is 6.05. The Hall–Kier alpha value is -1.55. The predicted molar refractivity (Wildman–Crippen MR) is 53.5 cm³/mol. The van der Waals surface area contributed by atoms with Gasteiger partial charge in [0, 0.05) is 0 Å². The molecule has 1 aliphatic rings. The largest absolute Gasteiger partial charge is 0.460 e. The fraction of sp³-hybridized carbons (Fsp3) is 1.00. The average molecular weight is 549 g/mol. The summed E-state index contributed by atoms with van der Waals surface area (Å²) in [6, 6.07) is -7.98. The van der Waals surface area contributed by atoms with E-state index in [0.717, 1.165) is 0 Å². The molecule has 0 saturated carbocycles. The van der Waals surface area contributed by atoms with Crippen LogP contribution in [0.4, 0.5) is 92.2 Å². The Balaban J connectivity index is 3.55. The van der Waals surface area contributed by atoms with Crippen molar-refractivity contribution in [3.63, 3.8) is 0 Å². The number of nitrogens with zero attached hydrogens (tertiary/aromatic N) is 1. The molecular formula is C10F21NO. The van der Waals surface area contributed by atoms with E-state index in [4.69, 9.17) is 0 Å². The number of hydroxylamine groups is 2. The van der Waals surface area contributed by atoms with Crippen molar-refractivity contribution in [2.75, 3.05) is 0 Å². The zero-order valence-electron chi connectivity index (χ0n) is 13.8. The minimum atomic E-state index is -8.68. The highest BCUT2D eigenvalue weighted by atomic mass is 19.4. The molecular weight excluding hydrogens is 549 g/mol. The summed E-state index contributed by atoms with van der Waals surface area (Å²) < 4.78 is 267. The topological polar surface area (TPSA) is 15.5 Å². The van der Waals surface area contributed by atoms with Gasteiger partial charge < -0.3 is 0 Å². The van der Waals surface area contributed by atoms with E-state index in [2.05, 4.69) is 4.84 Å². The van der Waals surface area contributed by atoms with Gasteiger partial charge in [0.1, 0.15) is 0 Å². The molecule has 2 nitrogen and oxygen atoms in total. The molecule has 2 atom stereocenters. The Morgan fingerprint density at radius 2 is 0.727 bits per heavy atom. The van der Waals surface area contributed by atoms with Crippen molar-refractivity contribution in [1.82, 2.24) is 5.06 Å². The van der Waals surface area contributed by atoms with E-state index in [1.807, 2.05) is 0 Å². The molecule has 0 aromatic heterocycles. The van der Waals surface area contributed by atoms with E-state index in [0.29, 0.717) is 0 Å². The van der Waals surface area contributed by atoms with Crippen molar-refractivity contribution < 1.29 is 97.0 Å². The molecule has 0 N–H and O–H groups in total. The molecule has 0 aliphatic carbocycles. The van der Waals surface area contributed by atoms with Gasteiger partial charge in [0.25, 0.3) is 0 Å². The number of rotatable bonds is 7. The molecule has 0 spiro atoms. The van der Waals surface area contributed by atoms with Crippen LogP contribution in [-0.4, -0.2) is 65.0 Å². The third-order valence-electron chi connectivity index (χ3n) is 3.75. The zero-order chi connectivity index (χ0) is 27.3. The lowest BCUT2D eigenvalue weighted by Gasteiger charge is -2.39. The summed E-state index contributed by atoms with van der Waals surface area (Å²) in [6.45, 7) is 0. The van der Waals surface area contributed by atoms with E-state index in [1.165, 1.54) is 0 Å². The molecule has 1 rings (SSSR count). The monoisotopic (exact) mass is 549 g/mol. The SMILES string of the molecule is FC(F)(F)C(F)(F)C(F)(F)C(F)(F)C(F)(F)C(F)(F)N1O[C@]1(F)C(F)(F)C(F)(F)C(F)(F)F. The molecule has 33 heavy (non-hydrogen) atoms. The van der Waals surface area contributed by atoms with Crippen LogP contribution < -0.4 is 0 Å². The molecule has 1 fully saturated rings. The van der Waals surface area contributed by atoms with Crippen molar-refractivity contribution in [2.24, 2.45) is 0 Å². The van der Waals surface area contributed by atoms with Gasteiger partial charge in [0.2, 0.25) is 0 Å². The van der Waals surface area contributed by atoms with Crippen LogP contribution in [0.3, 0.4) is 0 Å². The smallest absolute Gasteiger partial charge is 0.225 e. The number of halogens is 21. The lowest BCUT2D eigenvalue weighted by Crippen LogP contribution is -2.72. The standard InChI is InChI=1S/C10F21NO/c11-1(12,3(15,16)7(23,24)25)2(13,14)5(19,20)9(29,30)32-10(31,33-32)6(21,22)4(17,18)8(26,27)28/t10-,32?/m0/s1. The van der Waals surface area contributed by atoms with Crippen LogP contribution in [0.5, 0.6) is 0 Å². The zero-order valence-corrected chi connectivity index (χ0v) is 13.8. The van der Waals surface area contributed by atoms with Crippen molar-refractivity contribution in [3.05, 3.63) is 0 Å². The average Bonchev–Trinajstić information content (AvgIpc) is 3.26. The molecule has 0 aromatic carbocycles. The predicted octanol–water partition coefficient (Wildman–Crippen LogP) is 6.39. The van der Waals surface area contributed by atoms with Gasteiger partial charge in [0.05, 0.1) is 0 Å². The van der Waals surface area contributed by atoms with Crippen LogP contribution in [0.2, 0.25) is 0 Å². The van der Waals surface area contributed by atoms with Crippen molar-refractivity contribution in [2.45, 2.75) is 59.9 Å². The van der Waals surface area contributed by atoms with Crippen molar-refractivity contribution in [3.8, 4) is 0 Å². The first-order valence-corrected chi connectivity index (χ1v) is 6.80. The lowest BCUT2D eigenvalue weighted by atomic mass is 9.96. The van der Waals surface area contributed by atoms with Gasteiger partial charge in [-0.2, -0.15) is 92.2 Å². The number of hydrogen-bond donors (Lipinski definition) is 0. The number of alkyl halides is 21. The maximum absolute atomic E-state index is 13.5. The highest BCUT2D eigenvalue weighted by molar-refractivity contribution is 5.13. The Labute approximate surface area is 163 Å². The molecule has 0 aromatic rings. The van der Waals surface area contributed by atoms with Crippen LogP contribution in [0, 0.1) is 0 Å². The lowest BCUT2D eigenvalue weighted by molar-refractivity contribution is -0.452. The van der Waals surface area contributed by atoms with Gasteiger partial charge in [-0.15, -0.1) is 0 Å². The fourth-order valence-corrected chi connectivity index (χ4v) is 1.78. The molecule has 1 aliphatic heterocycles. The minimum absolute atomic E-state index is 2.08. The molecule has 1 saturated heterocycles. The van der Waals surface area contributed by atoms with Crippen molar-refractivity contribution in [1.29, 1.82) is 0 Å². The minimum Gasteiger partial charge on any atom is -0.225 e. The van der Waals surface area contributed by atoms with Gasteiger partial charge in [-0.05, 0) is 5.06 Å². The molecule has 1 unspecified atom stereocenters. The van der Waals surface area contributed by atoms with Crippen LogP contribution in [-0.2, 0) is 4.84 Å². The van der Waals surface area contributed by atoms with Crippen LogP contribution in [0.15, 0.2) is 0 Å². The summed E-state index contributed by atoms with van der Waals surface area (Å²) in [5.41, 5.74) is 0. The second-order valence-corrected chi connectivity index (χ2v) is 5.93. The Morgan fingerprint density at radius 3 is 1.03 bits per heavy atom. The van der Waals surface area contributed by atoms with E-state index in [1.54, 1.807) is 0 Å². The van der Waals surface area contributed by atoms with E-state index >= 15 is 0 Å². The first-order chi connectivity index (χ1) is 13.8. The van der Waals surface area contributed by atoms with Gasteiger partial charge in [-0.25, -0.2) is 4.84 Å². The number of hydrogen-bond acceptors (Lipinski definition) is 2. The van der Waals surface area contributed by atoms with E-state index in [-0.39, 0.29) is 0 Å². The first kappa shape index (κ1) is 29.5. The summed E-state index contributed by atoms with van der Waals surface area (Å²) in [5, 5.41) is -3.46. The summed E-state index contributed by atoms with van der Waals surface area (Å²) in [6.07, 6.45) is -15.5. The summed E-state index contributed by atoms with van der Waals surface area (Å²) in [5.74, 6) is -56.5. The van der Waals surface area contributed by atoms with Crippen LogP contribution in [0.1, 0.15) is 0 Å². The summed E-state index contributed by atoms with van der Waals surface area (Å²) in [4.78, 5) is 2.08. The maximum atomic E-state index is 13.5. The quantitative estimate of drug-likeness (QED) is 0.208. The third-order valence-corrected chi connectivity index (χ3v) is 3.75. The van der Waals surface area contributed by atoms with Gasteiger partial charge in [-0.3, -0.25) is 0 Å². The van der Waals surface area contributed by atoms with Gasteiger partial charge >= 0.3 is 59.9 Å². The Bertz CT molecular complexity index is 762. The maximum Gasteiger partial charge on any atom is 0.460 e. The van der Waals surface area contributed by atoms with Gasteiger partial charge in [0.15, 0.2) is 0 Å². The highest BCUT2D eigenvalue weighted by Gasteiger charge is 2.98. The van der Waals surface area contributed by atoms with Gasteiger partial charge in [-0.1, -0.05) is 0 Å². The van der Waals surface area contributed by atoms with E-state index in [9.17, 15) is 92.2 Å². The Morgan fingerprint density at radius 1 is 0.424 bits per heavy atom. The second kappa shape index (κ2) is 6.77. The second-order valence-electron chi connectivity index (χ2n) is 5.93. The summed E-state index contributed by atoms with van der Waals surface area (Å²) in [7, 11) is 0. The first-order valence-electron chi connectivity index (χ1n) is 6.80. The van der Waals surface area contributed by atoms with Crippen LogP contribution >= 0.6 is 0 Å². The molecule has 1 heterocycles. The highest BCUT2D eigenvalue weighted by Crippen LogP contribution is 2.67. The van der Waals surface area contributed by atoms with Crippen molar-refractivity contribution >= 4 is 0 Å². The molecule has 23 heteroatoms. The molecule has 0 radical (unpaired) electrons. The normalized spacial score (nSPS) is 24.8. The third kappa shape index (κ3) is 3.38. The van der Waals surface area contributed by atoms with E-state index < -0.39 is 65.0 Å². The molecule has 0 amide bonds.